The van der Waals surface area contributed by atoms with Gasteiger partial charge in [-0.2, -0.15) is 18.4 Å². The minimum absolute atomic E-state index is 0.00898. The number of nitriles is 1. The van der Waals surface area contributed by atoms with Gasteiger partial charge < -0.3 is 5.32 Å². The fourth-order valence-electron chi connectivity index (χ4n) is 3.59. The van der Waals surface area contributed by atoms with Crippen molar-refractivity contribution in [1.29, 1.82) is 5.26 Å². The van der Waals surface area contributed by atoms with Crippen LogP contribution in [0.1, 0.15) is 35.7 Å². The van der Waals surface area contributed by atoms with E-state index in [0.29, 0.717) is 22.4 Å². The molecule has 1 N–H and O–H groups in total. The zero-order chi connectivity index (χ0) is 20.8. The van der Waals surface area contributed by atoms with Crippen LogP contribution in [0.25, 0.3) is 0 Å². The van der Waals surface area contributed by atoms with E-state index in [-0.39, 0.29) is 24.3 Å². The number of hydrogen-bond acceptors (Lipinski definition) is 4. The Balaban J connectivity index is 1.80. The topological polar surface area (TPSA) is 86.1 Å². The van der Waals surface area contributed by atoms with E-state index in [0.717, 1.165) is 17.2 Å². The number of urea groups is 1. The molecule has 1 aromatic heterocycles. The van der Waals surface area contributed by atoms with Crippen molar-refractivity contribution in [1.82, 2.24) is 10.3 Å². The highest BCUT2D eigenvalue weighted by Crippen LogP contribution is 2.41. The summed E-state index contributed by atoms with van der Waals surface area (Å²) in [5.41, 5.74) is 0.646. The predicted molar refractivity (Wildman–Crippen MR) is 95.4 cm³/mol. The molecule has 2 amide bonds. The van der Waals surface area contributed by atoms with Crippen molar-refractivity contribution in [2.45, 2.75) is 25.1 Å². The molecule has 4 rings (SSSR count). The molecule has 146 valence electrons. The van der Waals surface area contributed by atoms with Gasteiger partial charge in [0.1, 0.15) is 5.69 Å². The van der Waals surface area contributed by atoms with E-state index in [1.165, 1.54) is 6.07 Å². The summed E-state index contributed by atoms with van der Waals surface area (Å²) in [5, 5.41) is 11.6. The number of carbonyl (C=O) groups excluding carboxylic acids is 2. The van der Waals surface area contributed by atoms with Crippen molar-refractivity contribution >= 4 is 17.5 Å². The highest BCUT2D eigenvalue weighted by Gasteiger charge is 2.42. The fraction of sp³-hybridized carbons (Fsp3) is 0.200. The third-order valence-electron chi connectivity index (χ3n) is 4.89. The maximum Gasteiger partial charge on any atom is 0.433 e. The summed E-state index contributed by atoms with van der Waals surface area (Å²) in [6, 6.07) is 9.16. The Morgan fingerprint density at radius 1 is 1.14 bits per heavy atom. The number of carbonyl (C=O) groups is 2. The van der Waals surface area contributed by atoms with Crippen molar-refractivity contribution in [2.75, 3.05) is 4.90 Å². The van der Waals surface area contributed by atoms with Gasteiger partial charge in [0, 0.05) is 23.9 Å². The van der Waals surface area contributed by atoms with Crippen molar-refractivity contribution < 1.29 is 22.8 Å². The zero-order valence-electron chi connectivity index (χ0n) is 14.8. The van der Waals surface area contributed by atoms with Crippen LogP contribution < -0.4 is 10.2 Å². The van der Waals surface area contributed by atoms with Crippen LogP contribution in [0.4, 0.5) is 23.7 Å². The van der Waals surface area contributed by atoms with Crippen LogP contribution in [0.15, 0.2) is 53.9 Å². The number of benzene rings is 1. The van der Waals surface area contributed by atoms with Gasteiger partial charge in [-0.1, -0.05) is 12.1 Å². The first-order valence-electron chi connectivity index (χ1n) is 8.70. The minimum Gasteiger partial charge on any atom is -0.326 e. The molecule has 1 unspecified atom stereocenters. The number of aromatic nitrogens is 1. The van der Waals surface area contributed by atoms with Gasteiger partial charge in [0.15, 0.2) is 5.78 Å². The van der Waals surface area contributed by atoms with E-state index in [2.05, 4.69) is 10.3 Å². The summed E-state index contributed by atoms with van der Waals surface area (Å²) >= 11 is 0. The third kappa shape index (κ3) is 3.23. The SMILES string of the molecule is N#Cc1ccc(C2NC(=O)N(c3ccnc(C(F)(F)F)c3)C3=C2C(=O)CC3)cc1. The number of rotatable bonds is 2. The van der Waals surface area contributed by atoms with Gasteiger partial charge in [0.25, 0.3) is 0 Å². The van der Waals surface area contributed by atoms with Crippen LogP contribution in [-0.2, 0) is 11.0 Å². The van der Waals surface area contributed by atoms with E-state index < -0.39 is 23.9 Å². The van der Waals surface area contributed by atoms with Gasteiger partial charge in [-0.05, 0) is 36.2 Å². The molecule has 1 aromatic carbocycles. The van der Waals surface area contributed by atoms with Crippen molar-refractivity contribution in [3.05, 3.63) is 70.7 Å². The molecular formula is C20H13F3N4O2. The molecule has 0 saturated carbocycles. The van der Waals surface area contributed by atoms with Gasteiger partial charge >= 0.3 is 12.2 Å². The number of allylic oxidation sites excluding steroid dienone is 1. The molecule has 1 aliphatic carbocycles. The van der Waals surface area contributed by atoms with Crippen LogP contribution in [0, 0.1) is 11.3 Å². The average Bonchev–Trinajstić information content (AvgIpc) is 3.08. The number of ketones is 1. The number of nitrogens with one attached hydrogen (secondary N) is 1. The Kier molecular flexibility index (Phi) is 4.34. The van der Waals surface area contributed by atoms with Crippen LogP contribution in [0.2, 0.25) is 0 Å². The maximum absolute atomic E-state index is 13.0. The van der Waals surface area contributed by atoms with E-state index >= 15 is 0 Å². The van der Waals surface area contributed by atoms with E-state index in [4.69, 9.17) is 5.26 Å². The van der Waals surface area contributed by atoms with Crippen molar-refractivity contribution in [3.63, 3.8) is 0 Å². The maximum atomic E-state index is 13.0. The average molecular weight is 398 g/mol. The first-order chi connectivity index (χ1) is 13.8. The monoisotopic (exact) mass is 398 g/mol. The smallest absolute Gasteiger partial charge is 0.326 e. The molecule has 2 aliphatic rings. The highest BCUT2D eigenvalue weighted by atomic mass is 19.4. The van der Waals surface area contributed by atoms with E-state index in [1.807, 2.05) is 6.07 Å². The number of nitrogens with zero attached hydrogens (tertiary/aromatic N) is 3. The van der Waals surface area contributed by atoms with Crippen molar-refractivity contribution in [2.24, 2.45) is 0 Å². The first-order valence-corrected chi connectivity index (χ1v) is 8.70. The van der Waals surface area contributed by atoms with Crippen LogP contribution in [0.5, 0.6) is 0 Å². The van der Waals surface area contributed by atoms with E-state index in [1.54, 1.807) is 24.3 Å². The Morgan fingerprint density at radius 2 is 1.86 bits per heavy atom. The predicted octanol–water partition coefficient (Wildman–Crippen LogP) is 3.86. The largest absolute Gasteiger partial charge is 0.433 e. The quantitative estimate of drug-likeness (QED) is 0.832. The summed E-state index contributed by atoms with van der Waals surface area (Å²) in [6.45, 7) is 0. The Bertz CT molecular complexity index is 1080. The van der Waals surface area contributed by atoms with Gasteiger partial charge in [-0.3, -0.25) is 14.7 Å². The zero-order valence-corrected chi connectivity index (χ0v) is 14.8. The second-order valence-electron chi connectivity index (χ2n) is 6.63. The second kappa shape index (κ2) is 6.74. The van der Waals surface area contributed by atoms with Crippen LogP contribution in [0.3, 0.4) is 0 Å². The molecule has 0 saturated heterocycles. The molecule has 9 heteroatoms. The molecule has 2 heterocycles. The molecular weight excluding hydrogens is 385 g/mol. The standard InChI is InChI=1S/C20H13F3N4O2/c21-20(22,23)16-9-13(7-8-25-16)27-14-5-6-15(28)17(14)18(26-19(27)29)12-3-1-11(10-24)2-4-12/h1-4,7-9,18H,5-6H2,(H,26,29). The molecule has 1 aliphatic heterocycles. The molecule has 0 fully saturated rings. The summed E-state index contributed by atoms with van der Waals surface area (Å²) in [4.78, 5) is 29.8. The molecule has 29 heavy (non-hydrogen) atoms. The number of anilines is 1. The van der Waals surface area contributed by atoms with Crippen LogP contribution in [-0.4, -0.2) is 16.8 Å². The van der Waals surface area contributed by atoms with Gasteiger partial charge in [0.05, 0.1) is 23.4 Å². The lowest BCUT2D eigenvalue weighted by Crippen LogP contribution is -2.47. The summed E-state index contributed by atoms with van der Waals surface area (Å²) in [5.74, 6) is -0.176. The Morgan fingerprint density at radius 3 is 2.52 bits per heavy atom. The molecule has 0 radical (unpaired) electrons. The lowest BCUT2D eigenvalue weighted by molar-refractivity contribution is -0.141. The number of hydrogen-bond donors (Lipinski definition) is 1. The highest BCUT2D eigenvalue weighted by molar-refractivity contribution is 6.08. The second-order valence-corrected chi connectivity index (χ2v) is 6.63. The lowest BCUT2D eigenvalue weighted by Gasteiger charge is -2.34. The summed E-state index contributed by atoms with van der Waals surface area (Å²) in [7, 11) is 0. The molecule has 0 spiro atoms. The number of Topliss-reactive ketones (excluding diaryl/α,β-unsaturated/α-hetero) is 1. The minimum atomic E-state index is -4.66. The first kappa shape index (κ1) is 18.7. The molecule has 2 aromatic rings. The van der Waals surface area contributed by atoms with Gasteiger partial charge in [-0.25, -0.2) is 4.79 Å². The molecule has 0 bridgehead atoms. The Hall–Kier alpha value is -3.67. The number of alkyl halides is 3. The van der Waals surface area contributed by atoms with Crippen molar-refractivity contribution in [3.8, 4) is 6.07 Å². The van der Waals surface area contributed by atoms with Gasteiger partial charge in [0.2, 0.25) is 0 Å². The molecule has 1 atom stereocenters. The summed E-state index contributed by atoms with van der Waals surface area (Å²) in [6.07, 6.45) is -3.26. The van der Waals surface area contributed by atoms with Gasteiger partial charge in [-0.15, -0.1) is 0 Å². The van der Waals surface area contributed by atoms with Crippen LogP contribution >= 0.6 is 0 Å². The number of pyridine rings is 1. The third-order valence-corrected chi connectivity index (χ3v) is 4.89. The Labute approximate surface area is 163 Å². The fourth-order valence-corrected chi connectivity index (χ4v) is 3.59. The lowest BCUT2D eigenvalue weighted by atomic mass is 9.94. The normalized spacial score (nSPS) is 19.1. The molecule has 6 nitrogen and oxygen atoms in total. The number of halogens is 3. The summed E-state index contributed by atoms with van der Waals surface area (Å²) < 4.78 is 39.1. The van der Waals surface area contributed by atoms with E-state index in [9.17, 15) is 22.8 Å². The number of amides is 2.